The topological polar surface area (TPSA) is 44.8 Å². The Morgan fingerprint density at radius 2 is 1.87 bits per heavy atom. The van der Waals surface area contributed by atoms with Crippen molar-refractivity contribution in [2.45, 2.75) is 0 Å². The summed E-state index contributed by atoms with van der Waals surface area (Å²) >= 11 is 0. The van der Waals surface area contributed by atoms with E-state index in [4.69, 9.17) is 4.74 Å². The van der Waals surface area contributed by atoms with Gasteiger partial charge in [0.05, 0.1) is 29.7 Å². The van der Waals surface area contributed by atoms with Crippen LogP contribution in [0.2, 0.25) is 0 Å². The van der Waals surface area contributed by atoms with E-state index >= 15 is 0 Å². The van der Waals surface area contributed by atoms with Crippen LogP contribution in [0, 0.1) is 0 Å². The van der Waals surface area contributed by atoms with E-state index in [2.05, 4.69) is 10.2 Å². The first-order valence-corrected chi connectivity index (χ1v) is 7.64. The summed E-state index contributed by atoms with van der Waals surface area (Å²) in [7, 11) is 5.50. The summed E-state index contributed by atoms with van der Waals surface area (Å²) in [5.74, 6) is 0.750. The Morgan fingerprint density at radius 1 is 1.09 bits per heavy atom. The van der Waals surface area contributed by atoms with Crippen molar-refractivity contribution in [3.8, 4) is 5.75 Å². The van der Waals surface area contributed by atoms with Crippen molar-refractivity contribution in [2.24, 2.45) is 0 Å². The number of nitrogens with zero attached hydrogens (tertiary/aromatic N) is 2. The predicted molar refractivity (Wildman–Crippen MR) is 93.1 cm³/mol. The van der Waals surface area contributed by atoms with Crippen LogP contribution in [0.3, 0.4) is 0 Å². The summed E-state index contributed by atoms with van der Waals surface area (Å²) in [4.78, 5) is 17.0. The minimum Gasteiger partial charge on any atom is -0.497 e. The molecule has 0 radical (unpaired) electrons. The van der Waals surface area contributed by atoms with Gasteiger partial charge in [0.1, 0.15) is 5.75 Å². The number of carbonyl (C=O) groups is 1. The molecule has 0 saturated heterocycles. The summed E-state index contributed by atoms with van der Waals surface area (Å²) in [5.41, 5.74) is 3.47. The Hall–Kier alpha value is -2.53. The molecular formula is C18H21N3O2. The number of nitrogens with one attached hydrogen (secondary N) is 1. The SMILES string of the molecule is CNCCN1C(=O)c2ccccc2N(C)c2ccc(OC)cc21. The van der Waals surface area contributed by atoms with Crippen molar-refractivity contribution < 1.29 is 9.53 Å². The van der Waals surface area contributed by atoms with Gasteiger partial charge in [-0.3, -0.25) is 4.79 Å². The smallest absolute Gasteiger partial charge is 0.260 e. The van der Waals surface area contributed by atoms with Crippen LogP contribution in [0.5, 0.6) is 5.75 Å². The molecule has 0 fully saturated rings. The summed E-state index contributed by atoms with van der Waals surface area (Å²) in [5, 5.41) is 3.11. The summed E-state index contributed by atoms with van der Waals surface area (Å²) < 4.78 is 5.35. The number of methoxy groups -OCH3 is 1. The zero-order chi connectivity index (χ0) is 16.4. The molecule has 1 heterocycles. The second kappa shape index (κ2) is 6.30. The second-order valence-corrected chi connectivity index (χ2v) is 5.49. The monoisotopic (exact) mass is 311 g/mol. The van der Waals surface area contributed by atoms with E-state index in [1.54, 1.807) is 7.11 Å². The Bertz CT molecular complexity index is 730. The van der Waals surface area contributed by atoms with Gasteiger partial charge in [-0.25, -0.2) is 0 Å². The molecule has 23 heavy (non-hydrogen) atoms. The van der Waals surface area contributed by atoms with Crippen molar-refractivity contribution >= 4 is 23.0 Å². The minimum absolute atomic E-state index is 0.00898. The van der Waals surface area contributed by atoms with Gasteiger partial charge < -0.3 is 19.9 Å². The van der Waals surface area contributed by atoms with Crippen molar-refractivity contribution in [1.29, 1.82) is 0 Å². The van der Waals surface area contributed by atoms with Crippen LogP contribution in [0.4, 0.5) is 17.1 Å². The number of hydrogen-bond donors (Lipinski definition) is 1. The highest BCUT2D eigenvalue weighted by Crippen LogP contribution is 2.41. The molecule has 2 aromatic rings. The molecule has 5 heteroatoms. The van der Waals surface area contributed by atoms with Gasteiger partial charge in [-0.2, -0.15) is 0 Å². The largest absolute Gasteiger partial charge is 0.497 e. The molecule has 5 nitrogen and oxygen atoms in total. The number of hydrogen-bond acceptors (Lipinski definition) is 4. The average Bonchev–Trinajstić information content (AvgIpc) is 2.68. The highest BCUT2D eigenvalue weighted by molar-refractivity contribution is 6.14. The van der Waals surface area contributed by atoms with Crippen LogP contribution in [0.25, 0.3) is 0 Å². The normalized spacial score (nSPS) is 13.4. The lowest BCUT2D eigenvalue weighted by Crippen LogP contribution is -2.35. The van der Waals surface area contributed by atoms with Gasteiger partial charge in [0.15, 0.2) is 0 Å². The number of rotatable bonds is 4. The first kappa shape index (κ1) is 15.4. The zero-order valence-corrected chi connectivity index (χ0v) is 13.7. The molecule has 0 atom stereocenters. The molecule has 1 N–H and O–H groups in total. The molecule has 0 aliphatic carbocycles. The maximum atomic E-state index is 13.1. The maximum Gasteiger partial charge on any atom is 0.260 e. The number of carbonyl (C=O) groups excluding carboxylic acids is 1. The lowest BCUT2D eigenvalue weighted by Gasteiger charge is -2.25. The Morgan fingerprint density at radius 3 is 2.61 bits per heavy atom. The van der Waals surface area contributed by atoms with Crippen LogP contribution < -0.4 is 19.9 Å². The summed E-state index contributed by atoms with van der Waals surface area (Å²) in [6.07, 6.45) is 0. The molecule has 0 saturated carbocycles. The van der Waals surface area contributed by atoms with Crippen LogP contribution in [-0.4, -0.2) is 40.2 Å². The van der Waals surface area contributed by atoms with Crippen LogP contribution in [-0.2, 0) is 0 Å². The third kappa shape index (κ3) is 2.64. The van der Waals surface area contributed by atoms with E-state index in [9.17, 15) is 4.79 Å². The van der Waals surface area contributed by atoms with E-state index in [-0.39, 0.29) is 5.91 Å². The summed E-state index contributed by atoms with van der Waals surface area (Å²) in [6, 6.07) is 13.5. The maximum absolute atomic E-state index is 13.1. The fraction of sp³-hybridized carbons (Fsp3) is 0.278. The van der Waals surface area contributed by atoms with E-state index in [0.29, 0.717) is 18.7 Å². The Labute approximate surface area is 136 Å². The number of fused-ring (bicyclic) bond motifs is 2. The van der Waals surface area contributed by atoms with Gasteiger partial charge in [-0.05, 0) is 31.3 Å². The first-order valence-electron chi connectivity index (χ1n) is 7.64. The number of para-hydroxylation sites is 1. The molecule has 120 valence electrons. The summed E-state index contributed by atoms with van der Waals surface area (Å²) in [6.45, 7) is 1.31. The molecule has 0 aromatic heterocycles. The van der Waals surface area contributed by atoms with Crippen molar-refractivity contribution in [1.82, 2.24) is 5.32 Å². The zero-order valence-electron chi connectivity index (χ0n) is 13.7. The molecule has 1 amide bonds. The molecule has 0 bridgehead atoms. The number of anilines is 3. The quantitative estimate of drug-likeness (QED) is 0.943. The van der Waals surface area contributed by atoms with E-state index in [0.717, 1.165) is 22.8 Å². The Balaban J connectivity index is 2.20. The fourth-order valence-electron chi connectivity index (χ4n) is 2.91. The second-order valence-electron chi connectivity index (χ2n) is 5.49. The highest BCUT2D eigenvalue weighted by Gasteiger charge is 2.29. The number of benzene rings is 2. The molecule has 0 spiro atoms. The molecule has 1 aliphatic rings. The molecular weight excluding hydrogens is 290 g/mol. The van der Waals surface area contributed by atoms with Crippen molar-refractivity contribution in [3.63, 3.8) is 0 Å². The third-order valence-corrected chi connectivity index (χ3v) is 4.16. The number of ether oxygens (including phenoxy) is 1. The lowest BCUT2D eigenvalue weighted by molar-refractivity contribution is 0.0988. The van der Waals surface area contributed by atoms with Crippen molar-refractivity contribution in [3.05, 3.63) is 48.0 Å². The van der Waals surface area contributed by atoms with Gasteiger partial charge >= 0.3 is 0 Å². The Kier molecular flexibility index (Phi) is 4.21. The van der Waals surface area contributed by atoms with Crippen LogP contribution in [0.15, 0.2) is 42.5 Å². The highest BCUT2D eigenvalue weighted by atomic mass is 16.5. The standard InChI is InChI=1S/C18H21N3O2/c1-19-10-11-21-17-12-13(23-3)8-9-16(17)20(2)15-7-5-4-6-14(15)18(21)22/h4-9,12,19H,10-11H2,1-3H3. The fourth-order valence-corrected chi connectivity index (χ4v) is 2.91. The van der Waals surface area contributed by atoms with E-state index < -0.39 is 0 Å². The van der Waals surface area contributed by atoms with Gasteiger partial charge in [0.2, 0.25) is 0 Å². The predicted octanol–water partition coefficient (Wildman–Crippen LogP) is 2.64. The molecule has 0 unspecified atom stereocenters. The number of amides is 1. The van der Waals surface area contributed by atoms with Crippen LogP contribution in [0.1, 0.15) is 10.4 Å². The minimum atomic E-state index is 0.00898. The third-order valence-electron chi connectivity index (χ3n) is 4.16. The van der Waals surface area contributed by atoms with Crippen LogP contribution >= 0.6 is 0 Å². The molecule has 3 rings (SSSR count). The lowest BCUT2D eigenvalue weighted by atomic mass is 10.1. The molecule has 2 aromatic carbocycles. The average molecular weight is 311 g/mol. The number of likely N-dealkylation sites (N-methyl/N-ethyl adjacent to an activating group) is 1. The van der Waals surface area contributed by atoms with Crippen molar-refractivity contribution in [2.75, 3.05) is 44.1 Å². The van der Waals surface area contributed by atoms with Gasteiger partial charge in [-0.1, -0.05) is 12.1 Å². The van der Waals surface area contributed by atoms with E-state index in [1.165, 1.54) is 0 Å². The van der Waals surface area contributed by atoms with Gasteiger partial charge in [0, 0.05) is 26.2 Å². The van der Waals surface area contributed by atoms with Gasteiger partial charge in [-0.15, -0.1) is 0 Å². The van der Waals surface area contributed by atoms with E-state index in [1.807, 2.05) is 61.5 Å². The van der Waals surface area contributed by atoms with Gasteiger partial charge in [0.25, 0.3) is 5.91 Å². The first-order chi connectivity index (χ1) is 11.2. The molecule has 1 aliphatic heterocycles.